The molecule has 30 heavy (non-hydrogen) atoms. The van der Waals surface area contributed by atoms with Crippen LogP contribution in [0.25, 0.3) is 12.2 Å². The number of benzene rings is 2. The lowest BCUT2D eigenvalue weighted by Gasteiger charge is -2.52. The van der Waals surface area contributed by atoms with Crippen molar-refractivity contribution in [2.24, 2.45) is 17.3 Å². The van der Waals surface area contributed by atoms with Gasteiger partial charge in [-0.05, 0) is 72.1 Å². The number of hydrogen-bond donors (Lipinski definition) is 0. The van der Waals surface area contributed by atoms with Crippen LogP contribution in [0.1, 0.15) is 67.2 Å². The average Bonchev–Trinajstić information content (AvgIpc) is 3.38. The minimum atomic E-state index is -0.283. The number of hydrogen-bond acceptors (Lipinski definition) is 2. The van der Waals surface area contributed by atoms with E-state index in [4.69, 9.17) is 9.47 Å². The number of rotatable bonds is 2. The molecule has 2 aromatic carbocycles. The van der Waals surface area contributed by atoms with Crippen LogP contribution in [-0.4, -0.2) is 19.0 Å². The molecule has 3 aliphatic carbocycles. The fraction of sp³-hybridized carbons (Fsp3) is 0.500. The van der Waals surface area contributed by atoms with E-state index in [1.165, 1.54) is 43.2 Å². The second-order valence-corrected chi connectivity index (χ2v) is 10.1. The van der Waals surface area contributed by atoms with Gasteiger partial charge >= 0.3 is 0 Å². The van der Waals surface area contributed by atoms with Gasteiger partial charge in [-0.25, -0.2) is 0 Å². The van der Waals surface area contributed by atoms with Crippen LogP contribution in [0, 0.1) is 17.3 Å². The van der Waals surface area contributed by atoms with Crippen molar-refractivity contribution in [2.75, 3.05) is 13.2 Å². The Morgan fingerprint density at radius 3 is 2.50 bits per heavy atom. The van der Waals surface area contributed by atoms with E-state index in [0.717, 1.165) is 37.4 Å². The molecule has 1 heterocycles. The first kappa shape index (κ1) is 18.8. The minimum absolute atomic E-state index is 0.195. The highest BCUT2D eigenvalue weighted by Gasteiger charge is 2.64. The highest BCUT2D eigenvalue weighted by molar-refractivity contribution is 5.70. The van der Waals surface area contributed by atoms with E-state index >= 15 is 0 Å². The summed E-state index contributed by atoms with van der Waals surface area (Å²) in [5.74, 6) is 1.96. The van der Waals surface area contributed by atoms with Crippen molar-refractivity contribution in [3.63, 3.8) is 0 Å². The van der Waals surface area contributed by atoms with Crippen molar-refractivity contribution in [3.8, 4) is 0 Å². The first-order chi connectivity index (χ1) is 14.7. The van der Waals surface area contributed by atoms with E-state index in [1.54, 1.807) is 11.1 Å². The van der Waals surface area contributed by atoms with Gasteiger partial charge in [0, 0.05) is 11.8 Å². The Morgan fingerprint density at radius 2 is 1.67 bits per heavy atom. The normalized spacial score (nSPS) is 34.1. The topological polar surface area (TPSA) is 18.5 Å². The maximum atomic E-state index is 6.27. The predicted molar refractivity (Wildman–Crippen MR) is 121 cm³/mol. The van der Waals surface area contributed by atoms with Crippen LogP contribution in [0.5, 0.6) is 0 Å². The van der Waals surface area contributed by atoms with Crippen molar-refractivity contribution in [1.82, 2.24) is 0 Å². The summed E-state index contributed by atoms with van der Waals surface area (Å²) in [6.45, 7) is 4.02. The first-order valence-electron chi connectivity index (χ1n) is 11.8. The van der Waals surface area contributed by atoms with Crippen LogP contribution in [0.2, 0.25) is 0 Å². The van der Waals surface area contributed by atoms with Gasteiger partial charge in [-0.1, -0.05) is 67.6 Å². The minimum Gasteiger partial charge on any atom is -0.347 e. The SMILES string of the molecule is CC12CCC3c4ccc(/C=C/c5ccccc5)cc4CCC3C1CCC21OCCO1. The summed E-state index contributed by atoms with van der Waals surface area (Å²) in [5, 5.41) is 0. The monoisotopic (exact) mass is 400 g/mol. The maximum Gasteiger partial charge on any atom is 0.174 e. The Labute approximate surface area is 180 Å². The van der Waals surface area contributed by atoms with E-state index in [1.807, 2.05) is 0 Å². The van der Waals surface area contributed by atoms with E-state index in [-0.39, 0.29) is 11.2 Å². The van der Waals surface area contributed by atoms with Crippen LogP contribution < -0.4 is 0 Å². The molecule has 0 amide bonds. The molecule has 4 aliphatic rings. The highest BCUT2D eigenvalue weighted by Crippen LogP contribution is 2.66. The molecule has 2 nitrogen and oxygen atoms in total. The lowest BCUT2D eigenvalue weighted by molar-refractivity contribution is -0.237. The molecule has 4 unspecified atom stereocenters. The molecule has 1 spiro atoms. The third-order valence-corrected chi connectivity index (χ3v) is 8.82. The Kier molecular flexibility index (Phi) is 4.44. The molecule has 0 aromatic heterocycles. The molecule has 2 heteroatoms. The third-order valence-electron chi connectivity index (χ3n) is 8.82. The molecule has 2 saturated carbocycles. The number of aryl methyl sites for hydroxylation is 1. The molecular formula is C28H32O2. The zero-order valence-corrected chi connectivity index (χ0v) is 18.0. The van der Waals surface area contributed by atoms with Crippen molar-refractivity contribution < 1.29 is 9.47 Å². The zero-order valence-electron chi connectivity index (χ0n) is 18.0. The highest BCUT2D eigenvalue weighted by atomic mass is 16.7. The van der Waals surface area contributed by atoms with Crippen molar-refractivity contribution in [1.29, 1.82) is 0 Å². The van der Waals surface area contributed by atoms with Gasteiger partial charge < -0.3 is 9.47 Å². The Morgan fingerprint density at radius 1 is 0.867 bits per heavy atom. The summed E-state index contributed by atoms with van der Waals surface area (Å²) in [7, 11) is 0. The van der Waals surface area contributed by atoms with Crippen LogP contribution in [-0.2, 0) is 15.9 Å². The van der Waals surface area contributed by atoms with E-state index in [9.17, 15) is 0 Å². The summed E-state index contributed by atoms with van der Waals surface area (Å²) in [6.07, 6.45) is 11.9. The van der Waals surface area contributed by atoms with Crippen LogP contribution in [0.4, 0.5) is 0 Å². The van der Waals surface area contributed by atoms with E-state index in [2.05, 4.69) is 67.6 Å². The molecule has 6 rings (SSSR count). The quantitative estimate of drug-likeness (QED) is 0.539. The Balaban J connectivity index is 1.26. The molecule has 156 valence electrons. The van der Waals surface area contributed by atoms with E-state index in [0.29, 0.717) is 0 Å². The van der Waals surface area contributed by atoms with Gasteiger partial charge in [0.15, 0.2) is 5.79 Å². The molecule has 1 aliphatic heterocycles. The molecule has 0 N–H and O–H groups in total. The maximum absolute atomic E-state index is 6.27. The van der Waals surface area contributed by atoms with Gasteiger partial charge in [0.2, 0.25) is 0 Å². The van der Waals surface area contributed by atoms with Gasteiger partial charge in [0.1, 0.15) is 0 Å². The Bertz CT molecular complexity index is 956. The van der Waals surface area contributed by atoms with Gasteiger partial charge in [-0.3, -0.25) is 0 Å². The second kappa shape index (κ2) is 7.07. The predicted octanol–water partition coefficient (Wildman–Crippen LogP) is 6.46. The standard InChI is InChI=1S/C28H32O2/c1-27-15-13-24-23-11-9-21(8-7-20-5-3-2-4-6-20)19-22(23)10-12-25(24)26(27)14-16-28(27)29-17-18-30-28/h2-9,11,19,24-26H,10,12-18H2,1H3/b8-7+. The van der Waals surface area contributed by atoms with Gasteiger partial charge in [0.05, 0.1) is 13.2 Å². The molecule has 2 aromatic rings. The van der Waals surface area contributed by atoms with Gasteiger partial charge in [-0.2, -0.15) is 0 Å². The summed E-state index contributed by atoms with van der Waals surface area (Å²) in [4.78, 5) is 0. The summed E-state index contributed by atoms with van der Waals surface area (Å²) >= 11 is 0. The van der Waals surface area contributed by atoms with Crippen LogP contribution in [0.15, 0.2) is 48.5 Å². The second-order valence-electron chi connectivity index (χ2n) is 10.1. The molecule has 0 radical (unpaired) electrons. The molecule has 3 fully saturated rings. The molecular weight excluding hydrogens is 368 g/mol. The van der Waals surface area contributed by atoms with E-state index < -0.39 is 0 Å². The van der Waals surface area contributed by atoms with Crippen molar-refractivity contribution in [2.45, 2.75) is 57.2 Å². The van der Waals surface area contributed by atoms with Gasteiger partial charge in [-0.15, -0.1) is 0 Å². The zero-order chi connectivity index (χ0) is 20.2. The molecule has 4 atom stereocenters. The van der Waals surface area contributed by atoms with Crippen LogP contribution in [0.3, 0.4) is 0 Å². The Hall–Kier alpha value is -1.90. The lowest BCUT2D eigenvalue weighted by atomic mass is 9.55. The summed E-state index contributed by atoms with van der Waals surface area (Å²) < 4.78 is 12.5. The molecule has 0 bridgehead atoms. The third kappa shape index (κ3) is 2.77. The largest absolute Gasteiger partial charge is 0.347 e. The van der Waals surface area contributed by atoms with Crippen molar-refractivity contribution in [3.05, 3.63) is 70.8 Å². The average molecular weight is 401 g/mol. The smallest absolute Gasteiger partial charge is 0.174 e. The summed E-state index contributed by atoms with van der Waals surface area (Å²) in [5.41, 5.74) is 5.98. The lowest BCUT2D eigenvalue weighted by Crippen LogP contribution is -2.51. The number of fused-ring (bicyclic) bond motifs is 6. The fourth-order valence-corrected chi connectivity index (χ4v) is 7.35. The summed E-state index contributed by atoms with van der Waals surface area (Å²) in [6, 6.07) is 17.8. The van der Waals surface area contributed by atoms with Crippen molar-refractivity contribution >= 4 is 12.2 Å². The fourth-order valence-electron chi connectivity index (χ4n) is 7.35. The molecule has 1 saturated heterocycles. The number of ether oxygens (including phenoxy) is 2. The van der Waals surface area contributed by atoms with Crippen LogP contribution >= 0.6 is 0 Å². The first-order valence-corrected chi connectivity index (χ1v) is 11.8. The van der Waals surface area contributed by atoms with Gasteiger partial charge in [0.25, 0.3) is 0 Å².